The van der Waals surface area contributed by atoms with Gasteiger partial charge in [0.2, 0.25) is 5.91 Å². The van der Waals surface area contributed by atoms with Gasteiger partial charge < -0.3 is 10.6 Å². The molecule has 1 saturated carbocycles. The molecule has 0 aromatic carbocycles. The van der Waals surface area contributed by atoms with Crippen LogP contribution in [-0.2, 0) is 11.3 Å². The van der Waals surface area contributed by atoms with E-state index in [1.54, 1.807) is 11.8 Å². The number of hydrogen-bond donors (Lipinski definition) is 2. The Bertz CT molecular complexity index is 766. The van der Waals surface area contributed by atoms with E-state index in [-0.39, 0.29) is 23.3 Å². The lowest BCUT2D eigenvalue weighted by molar-refractivity contribution is -0.116. The van der Waals surface area contributed by atoms with E-state index in [4.69, 9.17) is 5.73 Å². The highest BCUT2D eigenvalue weighted by Gasteiger charge is 2.25. The molecule has 0 unspecified atom stereocenters. The normalized spacial score (nSPS) is 15.1. The first-order valence-electron chi connectivity index (χ1n) is 10.4. The third kappa shape index (κ3) is 5.90. The smallest absolute Gasteiger partial charge is 0.330 e. The van der Waals surface area contributed by atoms with Crippen LogP contribution in [0.15, 0.2) is 9.59 Å². The van der Waals surface area contributed by atoms with Gasteiger partial charge in [-0.05, 0) is 25.2 Å². The number of carbonyl (C=O) groups is 1. The van der Waals surface area contributed by atoms with Crippen molar-refractivity contribution < 1.29 is 4.79 Å². The Morgan fingerprint density at radius 1 is 1.29 bits per heavy atom. The fourth-order valence-electron chi connectivity index (χ4n) is 3.56. The number of aromatic nitrogens is 2. The number of H-pyrrole nitrogens is 1. The van der Waals surface area contributed by atoms with Crippen LogP contribution in [0.4, 0.5) is 11.5 Å². The van der Waals surface area contributed by atoms with Crippen molar-refractivity contribution in [3.05, 3.63) is 20.8 Å². The van der Waals surface area contributed by atoms with Crippen LogP contribution in [0, 0.1) is 5.92 Å². The van der Waals surface area contributed by atoms with Crippen LogP contribution < -0.4 is 21.9 Å². The minimum atomic E-state index is -0.588. The zero-order valence-electron chi connectivity index (χ0n) is 17.3. The molecule has 1 aliphatic carbocycles. The number of nitrogens with zero attached hydrogens (tertiary/aromatic N) is 2. The highest BCUT2D eigenvalue weighted by molar-refractivity contribution is 8.00. The van der Waals surface area contributed by atoms with Gasteiger partial charge in [0, 0.05) is 18.3 Å². The number of unbranched alkanes of at least 4 members (excludes halogenated alkanes) is 1. The summed E-state index contributed by atoms with van der Waals surface area (Å²) in [4.78, 5) is 41.6. The van der Waals surface area contributed by atoms with Gasteiger partial charge in [-0.3, -0.25) is 19.1 Å². The number of nitrogens with two attached hydrogens (primary N) is 1. The maximum Gasteiger partial charge on any atom is 0.330 e. The average Bonchev–Trinajstić information content (AvgIpc) is 2.66. The summed E-state index contributed by atoms with van der Waals surface area (Å²) in [7, 11) is 0. The first kappa shape index (κ1) is 22.6. The van der Waals surface area contributed by atoms with Gasteiger partial charge in [0.05, 0.1) is 5.75 Å². The third-order valence-corrected chi connectivity index (χ3v) is 6.42. The molecule has 3 N–H and O–H groups in total. The molecule has 1 amide bonds. The second kappa shape index (κ2) is 10.7. The zero-order valence-corrected chi connectivity index (χ0v) is 18.1. The second-order valence-electron chi connectivity index (χ2n) is 7.97. The molecule has 7 nitrogen and oxygen atoms in total. The third-order valence-electron chi connectivity index (χ3n) is 5.06. The number of carbonyl (C=O) groups excluding carboxylic acids is 1. The van der Waals surface area contributed by atoms with Crippen molar-refractivity contribution in [3.63, 3.8) is 0 Å². The van der Waals surface area contributed by atoms with E-state index >= 15 is 0 Å². The summed E-state index contributed by atoms with van der Waals surface area (Å²) < 4.78 is 1.36. The van der Waals surface area contributed by atoms with Crippen molar-refractivity contribution in [2.75, 3.05) is 22.9 Å². The summed E-state index contributed by atoms with van der Waals surface area (Å²) >= 11 is 1.68. The Morgan fingerprint density at radius 3 is 2.57 bits per heavy atom. The summed E-state index contributed by atoms with van der Waals surface area (Å²) in [5.41, 5.74) is 5.22. The fraction of sp³-hybridized carbons (Fsp3) is 0.750. The standard InChI is InChI=1S/C20H34N4O3S/c1-4-5-11-23(16(25)13-28-15-9-7-6-8-10-15)17-18(21)24(12-14(2)3)20(27)22-19(17)26/h14-15H,4-13,21H2,1-3H3,(H,22,26,27). The number of nitrogen functional groups attached to an aromatic ring is 1. The number of thioether (sulfide) groups is 1. The van der Waals surface area contributed by atoms with Crippen LogP contribution in [0.3, 0.4) is 0 Å². The predicted molar refractivity (Wildman–Crippen MR) is 117 cm³/mol. The van der Waals surface area contributed by atoms with Crippen molar-refractivity contribution in [2.24, 2.45) is 5.92 Å². The van der Waals surface area contributed by atoms with E-state index < -0.39 is 11.2 Å². The van der Waals surface area contributed by atoms with Gasteiger partial charge in [0.25, 0.3) is 5.56 Å². The van der Waals surface area contributed by atoms with Crippen molar-refractivity contribution in [2.45, 2.75) is 77.5 Å². The van der Waals surface area contributed by atoms with E-state index in [0.717, 1.165) is 25.7 Å². The zero-order chi connectivity index (χ0) is 20.7. The number of nitrogens with one attached hydrogen (secondary N) is 1. The summed E-state index contributed by atoms with van der Waals surface area (Å²) in [6.07, 6.45) is 7.67. The summed E-state index contributed by atoms with van der Waals surface area (Å²) in [6.45, 7) is 6.79. The Labute approximate surface area is 171 Å². The van der Waals surface area contributed by atoms with Crippen LogP contribution >= 0.6 is 11.8 Å². The molecular formula is C20H34N4O3S. The van der Waals surface area contributed by atoms with Crippen LogP contribution in [0.2, 0.25) is 0 Å². The molecule has 0 spiro atoms. The minimum Gasteiger partial charge on any atom is -0.383 e. The molecule has 1 heterocycles. The van der Waals surface area contributed by atoms with Gasteiger partial charge in [0.1, 0.15) is 5.82 Å². The monoisotopic (exact) mass is 410 g/mol. The number of rotatable bonds is 9. The average molecular weight is 411 g/mol. The molecule has 1 aromatic heterocycles. The lowest BCUT2D eigenvalue weighted by Gasteiger charge is -2.26. The summed E-state index contributed by atoms with van der Waals surface area (Å²) in [5.74, 6) is 0.474. The van der Waals surface area contributed by atoms with Crippen LogP contribution in [-0.4, -0.2) is 33.0 Å². The van der Waals surface area contributed by atoms with Gasteiger partial charge in [-0.15, -0.1) is 11.8 Å². The Kier molecular flexibility index (Phi) is 8.66. The lowest BCUT2D eigenvalue weighted by atomic mass is 10.0. The maximum absolute atomic E-state index is 13.0. The molecule has 0 saturated heterocycles. The molecule has 0 aliphatic heterocycles. The Balaban J connectivity index is 2.29. The lowest BCUT2D eigenvalue weighted by Crippen LogP contribution is -2.42. The minimum absolute atomic E-state index is 0.0783. The highest BCUT2D eigenvalue weighted by atomic mass is 32.2. The predicted octanol–water partition coefficient (Wildman–Crippen LogP) is 2.97. The molecule has 0 bridgehead atoms. The van der Waals surface area contributed by atoms with Crippen LogP contribution in [0.5, 0.6) is 0 Å². The van der Waals surface area contributed by atoms with Gasteiger partial charge in [-0.2, -0.15) is 0 Å². The molecule has 1 fully saturated rings. The van der Waals surface area contributed by atoms with E-state index in [1.165, 1.54) is 28.7 Å². The van der Waals surface area contributed by atoms with E-state index in [0.29, 0.717) is 24.1 Å². The molecule has 8 heteroatoms. The first-order valence-corrected chi connectivity index (χ1v) is 11.4. The number of anilines is 2. The van der Waals surface area contributed by atoms with Gasteiger partial charge >= 0.3 is 5.69 Å². The van der Waals surface area contributed by atoms with E-state index in [9.17, 15) is 14.4 Å². The molecule has 0 atom stereocenters. The van der Waals surface area contributed by atoms with Crippen LogP contribution in [0.25, 0.3) is 0 Å². The molecule has 28 heavy (non-hydrogen) atoms. The second-order valence-corrected chi connectivity index (χ2v) is 9.26. The number of amides is 1. The van der Waals surface area contributed by atoms with Gasteiger partial charge in [0.15, 0.2) is 5.69 Å². The van der Waals surface area contributed by atoms with Crippen LogP contribution in [0.1, 0.15) is 65.7 Å². The SMILES string of the molecule is CCCCN(C(=O)CSC1CCCCC1)c1c(N)n(CC(C)C)c(=O)[nH]c1=O. The quantitative estimate of drug-likeness (QED) is 0.652. The number of hydrogen-bond acceptors (Lipinski definition) is 5. The number of aromatic amines is 1. The van der Waals surface area contributed by atoms with Gasteiger partial charge in [-0.25, -0.2) is 4.79 Å². The largest absolute Gasteiger partial charge is 0.383 e. The summed E-state index contributed by atoms with van der Waals surface area (Å²) in [5, 5.41) is 0.510. The Morgan fingerprint density at radius 2 is 1.96 bits per heavy atom. The molecule has 158 valence electrons. The molecular weight excluding hydrogens is 376 g/mol. The molecule has 1 aromatic rings. The maximum atomic E-state index is 13.0. The highest BCUT2D eigenvalue weighted by Crippen LogP contribution is 2.29. The van der Waals surface area contributed by atoms with Gasteiger partial charge in [-0.1, -0.05) is 46.5 Å². The molecule has 0 radical (unpaired) electrons. The summed E-state index contributed by atoms with van der Waals surface area (Å²) in [6, 6.07) is 0. The first-order chi connectivity index (χ1) is 13.3. The fourth-order valence-corrected chi connectivity index (χ4v) is 4.76. The van der Waals surface area contributed by atoms with Crippen molar-refractivity contribution in [1.82, 2.24) is 9.55 Å². The topological polar surface area (TPSA) is 101 Å². The van der Waals surface area contributed by atoms with Crippen molar-refractivity contribution in [1.29, 1.82) is 0 Å². The molecule has 2 rings (SSSR count). The van der Waals surface area contributed by atoms with Crippen molar-refractivity contribution >= 4 is 29.2 Å². The molecule has 1 aliphatic rings. The van der Waals surface area contributed by atoms with Crippen molar-refractivity contribution in [3.8, 4) is 0 Å². The van der Waals surface area contributed by atoms with E-state index in [1.807, 2.05) is 20.8 Å². The Hall–Kier alpha value is -1.70. The van der Waals surface area contributed by atoms with E-state index in [2.05, 4.69) is 4.98 Å².